The quantitative estimate of drug-likeness (QED) is 0.166. The van der Waals surface area contributed by atoms with E-state index in [1.807, 2.05) is 0 Å². The molecular formula is C8H15NO18S4. The van der Waals surface area contributed by atoms with Gasteiger partial charge in [-0.3, -0.25) is 23.0 Å². The summed E-state index contributed by atoms with van der Waals surface area (Å²) in [6, 6.07) is -2.21. The molecule has 0 aromatic heterocycles. The van der Waals surface area contributed by atoms with Crippen LogP contribution in [0.5, 0.6) is 0 Å². The van der Waals surface area contributed by atoms with Gasteiger partial charge in [0.2, 0.25) is 12.2 Å². The van der Waals surface area contributed by atoms with Crippen LogP contribution in [-0.2, 0) is 67.9 Å². The van der Waals surface area contributed by atoms with Crippen molar-refractivity contribution >= 4 is 47.5 Å². The van der Waals surface area contributed by atoms with Crippen LogP contribution in [0.15, 0.2) is 0 Å². The monoisotopic (exact) mass is 541 g/mol. The number of carbonyl (C=O) groups is 1. The molecule has 184 valence electrons. The molecule has 0 bridgehead atoms. The van der Waals surface area contributed by atoms with Crippen LogP contribution < -0.4 is 5.32 Å². The molecule has 23 heteroatoms. The van der Waals surface area contributed by atoms with Crippen molar-refractivity contribution in [3.8, 4) is 0 Å². The Morgan fingerprint density at radius 3 is 1.65 bits per heavy atom. The SMILES string of the molecule is CC(=O)N[C@H]1C(OS(=O)(=O)O)O[C@H](COS(=O)(=O)O)[C@H](OS(=O)(=O)O)[C@@H]1OS(=O)(=O)O. The van der Waals surface area contributed by atoms with Crippen molar-refractivity contribution < 1.29 is 78.1 Å². The van der Waals surface area contributed by atoms with Crippen molar-refractivity contribution in [2.45, 2.75) is 37.6 Å². The fourth-order valence-electron chi connectivity index (χ4n) is 2.29. The Morgan fingerprint density at radius 2 is 1.26 bits per heavy atom. The lowest BCUT2D eigenvalue weighted by Crippen LogP contribution is -2.66. The lowest BCUT2D eigenvalue weighted by atomic mass is 9.97. The van der Waals surface area contributed by atoms with Crippen molar-refractivity contribution in [1.82, 2.24) is 5.32 Å². The maximum absolute atomic E-state index is 11.4. The average Bonchev–Trinajstić information content (AvgIpc) is 2.46. The van der Waals surface area contributed by atoms with Gasteiger partial charge < -0.3 is 10.1 Å². The number of hydrogen-bond acceptors (Lipinski definition) is 14. The lowest BCUT2D eigenvalue weighted by molar-refractivity contribution is -0.233. The zero-order chi connectivity index (χ0) is 24.4. The van der Waals surface area contributed by atoms with Crippen molar-refractivity contribution in [3.05, 3.63) is 0 Å². The summed E-state index contributed by atoms with van der Waals surface area (Å²) in [4.78, 5) is 11.4. The van der Waals surface area contributed by atoms with E-state index in [1.165, 1.54) is 0 Å². The molecular weight excluding hydrogens is 526 g/mol. The number of amides is 1. The van der Waals surface area contributed by atoms with Crippen LogP contribution in [-0.4, -0.2) is 95.0 Å². The van der Waals surface area contributed by atoms with Crippen molar-refractivity contribution in [2.75, 3.05) is 6.61 Å². The van der Waals surface area contributed by atoms with Gasteiger partial charge in [0, 0.05) is 6.92 Å². The highest BCUT2D eigenvalue weighted by Crippen LogP contribution is 2.30. The molecule has 0 aliphatic carbocycles. The van der Waals surface area contributed by atoms with E-state index in [4.69, 9.17) is 22.9 Å². The van der Waals surface area contributed by atoms with Crippen LogP contribution in [0, 0.1) is 0 Å². The molecule has 1 fully saturated rings. The molecule has 1 aliphatic heterocycles. The van der Waals surface area contributed by atoms with Crippen LogP contribution >= 0.6 is 0 Å². The molecule has 5 atom stereocenters. The van der Waals surface area contributed by atoms with Crippen LogP contribution in [0.4, 0.5) is 0 Å². The molecule has 1 saturated heterocycles. The number of nitrogens with one attached hydrogen (secondary N) is 1. The third-order valence-electron chi connectivity index (χ3n) is 3.08. The van der Waals surface area contributed by atoms with Gasteiger partial charge in [0.25, 0.3) is 0 Å². The molecule has 5 N–H and O–H groups in total. The smallest absolute Gasteiger partial charge is 0.346 e. The van der Waals surface area contributed by atoms with E-state index in [2.05, 4.69) is 16.7 Å². The van der Waals surface area contributed by atoms with Crippen molar-refractivity contribution in [1.29, 1.82) is 0 Å². The number of ether oxygens (including phenoxy) is 1. The van der Waals surface area contributed by atoms with E-state index < -0.39 is 84.8 Å². The third kappa shape index (κ3) is 10.9. The van der Waals surface area contributed by atoms with E-state index in [9.17, 15) is 38.5 Å². The molecule has 31 heavy (non-hydrogen) atoms. The van der Waals surface area contributed by atoms with Crippen LogP contribution in [0.25, 0.3) is 0 Å². The highest BCUT2D eigenvalue weighted by Gasteiger charge is 2.53. The van der Waals surface area contributed by atoms with Gasteiger partial charge in [-0.15, -0.1) is 0 Å². The number of carbonyl (C=O) groups excluding carboxylic acids is 1. The molecule has 0 aromatic rings. The standard InChI is InChI=1S/C8H15NO18S4/c1-3(10)9-5-7(26-30(17,18)19)6(25-29(14,15)16)4(2-23-28(11,12)13)24-8(5)27-31(20,21)22/h4-8H,2H2,1H3,(H,9,10)(H,11,12,13)(H,14,15,16)(H,17,18,19)(H,20,21,22)/t4-,5-,6+,7-,8?/m1/s1. The molecule has 0 radical (unpaired) electrons. The normalized spacial score (nSPS) is 28.2. The maximum Gasteiger partial charge on any atom is 0.399 e. The zero-order valence-electron chi connectivity index (χ0n) is 14.7. The molecule has 1 heterocycles. The Bertz CT molecular complexity index is 1080. The highest BCUT2D eigenvalue weighted by molar-refractivity contribution is 7.81. The van der Waals surface area contributed by atoms with Gasteiger partial charge in [-0.25, -0.2) is 16.7 Å². The summed E-state index contributed by atoms with van der Waals surface area (Å²) in [5.74, 6) is -1.08. The van der Waals surface area contributed by atoms with Gasteiger partial charge in [0.1, 0.15) is 24.4 Å². The third-order valence-corrected chi connectivity index (χ3v) is 4.88. The van der Waals surface area contributed by atoms with Crippen molar-refractivity contribution in [2.24, 2.45) is 0 Å². The first kappa shape index (κ1) is 27.9. The second-order valence-electron chi connectivity index (χ2n) is 5.48. The van der Waals surface area contributed by atoms with E-state index in [1.54, 1.807) is 5.32 Å². The average molecular weight is 541 g/mol. The van der Waals surface area contributed by atoms with Gasteiger partial charge >= 0.3 is 41.6 Å². The fraction of sp³-hybridized carbons (Fsp3) is 0.875. The molecule has 0 aromatic carbocycles. The minimum Gasteiger partial charge on any atom is -0.346 e. The highest BCUT2D eigenvalue weighted by atomic mass is 32.3. The van der Waals surface area contributed by atoms with Gasteiger partial charge in [0.05, 0.1) is 6.61 Å². The van der Waals surface area contributed by atoms with Crippen LogP contribution in [0.3, 0.4) is 0 Å². The number of rotatable bonds is 10. The van der Waals surface area contributed by atoms with E-state index in [-0.39, 0.29) is 0 Å². The minimum absolute atomic E-state index is 0.779. The summed E-state index contributed by atoms with van der Waals surface area (Å²) < 4.78 is 145. The first-order valence-corrected chi connectivity index (χ1v) is 12.6. The van der Waals surface area contributed by atoms with Gasteiger partial charge in [-0.1, -0.05) is 0 Å². The Morgan fingerprint density at radius 1 is 0.806 bits per heavy atom. The van der Waals surface area contributed by atoms with E-state index >= 15 is 0 Å². The van der Waals surface area contributed by atoms with Crippen LogP contribution in [0.2, 0.25) is 0 Å². The molecule has 19 nitrogen and oxygen atoms in total. The Kier molecular flexibility index (Phi) is 8.84. The fourth-order valence-corrected chi connectivity index (χ4v) is 4.03. The van der Waals surface area contributed by atoms with E-state index in [0.717, 1.165) is 6.92 Å². The first-order valence-electron chi connectivity index (χ1n) is 7.18. The lowest BCUT2D eigenvalue weighted by Gasteiger charge is -2.43. The van der Waals surface area contributed by atoms with Crippen LogP contribution in [0.1, 0.15) is 6.92 Å². The van der Waals surface area contributed by atoms with E-state index in [0.29, 0.717) is 0 Å². The molecule has 0 saturated carbocycles. The topological polar surface area (TPSA) is 293 Å². The summed E-state index contributed by atoms with van der Waals surface area (Å²) in [5, 5.41) is 1.81. The first-order chi connectivity index (χ1) is 13.7. The summed E-state index contributed by atoms with van der Waals surface area (Å²) >= 11 is 0. The molecule has 1 unspecified atom stereocenters. The molecule has 1 amide bonds. The predicted molar refractivity (Wildman–Crippen MR) is 89.2 cm³/mol. The minimum atomic E-state index is -5.55. The number of hydrogen-bond donors (Lipinski definition) is 5. The summed E-state index contributed by atoms with van der Waals surface area (Å²) in [7, 11) is -21.8. The van der Waals surface area contributed by atoms with Gasteiger partial charge in [-0.05, 0) is 0 Å². The second-order valence-corrected chi connectivity index (χ2v) is 9.72. The Balaban J connectivity index is 3.59. The van der Waals surface area contributed by atoms with Crippen molar-refractivity contribution in [3.63, 3.8) is 0 Å². The maximum atomic E-state index is 11.4. The largest absolute Gasteiger partial charge is 0.399 e. The summed E-state index contributed by atoms with van der Waals surface area (Å²) in [6.45, 7) is -0.677. The summed E-state index contributed by atoms with van der Waals surface area (Å²) in [5.41, 5.74) is 0. The molecule has 1 rings (SSSR count). The molecule has 1 aliphatic rings. The second kappa shape index (κ2) is 9.81. The van der Waals surface area contributed by atoms with Gasteiger partial charge in [0.15, 0.2) is 0 Å². The zero-order valence-corrected chi connectivity index (χ0v) is 18.0. The van der Waals surface area contributed by atoms with Gasteiger partial charge in [-0.2, -0.15) is 33.7 Å². The summed E-state index contributed by atoms with van der Waals surface area (Å²) in [6.07, 6.45) is -9.79. The predicted octanol–water partition coefficient (Wildman–Crippen LogP) is -3.77. The Labute approximate surface area is 175 Å². The molecule has 0 spiro atoms. The Hall–Kier alpha value is -1.09.